The van der Waals surface area contributed by atoms with E-state index in [1.807, 2.05) is 19.2 Å². The molecule has 0 bridgehead atoms. The molecular weight excluding hydrogens is 188 g/mol. The molecule has 2 rings (SSSR count). The zero-order valence-electron chi connectivity index (χ0n) is 8.79. The molecule has 1 aliphatic rings. The van der Waals surface area contributed by atoms with Crippen LogP contribution in [0, 0.1) is 0 Å². The van der Waals surface area contributed by atoms with Crippen molar-refractivity contribution in [3.05, 3.63) is 42.0 Å². The Morgan fingerprint density at radius 2 is 2.33 bits per heavy atom. The monoisotopic (exact) mass is 202 g/mol. The Bertz CT molecular complexity index is 412. The second-order valence-corrected chi connectivity index (χ2v) is 3.59. The van der Waals surface area contributed by atoms with Crippen molar-refractivity contribution in [3.8, 4) is 0 Å². The van der Waals surface area contributed by atoms with Gasteiger partial charge in [-0.2, -0.15) is 0 Å². The van der Waals surface area contributed by atoms with Crippen LogP contribution in [0.15, 0.2) is 30.9 Å². The van der Waals surface area contributed by atoms with E-state index in [1.165, 1.54) is 17.2 Å². The van der Waals surface area contributed by atoms with E-state index in [4.69, 9.17) is 0 Å². The number of rotatable bonds is 2. The van der Waals surface area contributed by atoms with Crippen molar-refractivity contribution >= 4 is 11.6 Å². The van der Waals surface area contributed by atoms with Crippen LogP contribution in [0.3, 0.4) is 0 Å². The average molecular weight is 202 g/mol. The van der Waals surface area contributed by atoms with Gasteiger partial charge in [-0.25, -0.2) is 0 Å². The summed E-state index contributed by atoms with van der Waals surface area (Å²) in [7, 11) is 1.90. The van der Waals surface area contributed by atoms with E-state index in [2.05, 4.69) is 18.0 Å². The summed E-state index contributed by atoms with van der Waals surface area (Å²) in [6.07, 6.45) is 1.37. The number of nitrogens with one attached hydrogen (secondary N) is 1. The molecule has 0 saturated heterocycles. The van der Waals surface area contributed by atoms with Gasteiger partial charge in [0.2, 0.25) is 5.91 Å². The first-order valence-corrected chi connectivity index (χ1v) is 4.96. The fourth-order valence-electron chi connectivity index (χ4n) is 1.94. The smallest absolute Gasteiger partial charge is 0.246 e. The maximum Gasteiger partial charge on any atom is 0.246 e. The van der Waals surface area contributed by atoms with Gasteiger partial charge in [0, 0.05) is 25.8 Å². The maximum atomic E-state index is 11.5. The van der Waals surface area contributed by atoms with E-state index in [0.29, 0.717) is 13.1 Å². The normalized spacial score (nSPS) is 13.5. The van der Waals surface area contributed by atoms with E-state index < -0.39 is 0 Å². The number of fused-ring (bicyclic) bond motifs is 1. The molecular formula is C12H14N2O. The molecule has 1 aromatic rings. The van der Waals surface area contributed by atoms with Crippen LogP contribution in [-0.4, -0.2) is 17.9 Å². The Morgan fingerprint density at radius 3 is 3.00 bits per heavy atom. The van der Waals surface area contributed by atoms with Crippen LogP contribution in [-0.2, 0) is 17.9 Å². The molecule has 0 aliphatic carbocycles. The third-order valence-electron chi connectivity index (χ3n) is 2.74. The molecule has 0 saturated carbocycles. The number of hydrogen-bond donors (Lipinski definition) is 1. The summed E-state index contributed by atoms with van der Waals surface area (Å²) in [6.45, 7) is 4.87. The number of benzene rings is 1. The minimum atomic E-state index is -0.00625. The molecule has 1 aromatic carbocycles. The standard InChI is InChI=1S/C12H14N2O/c1-3-12(15)14-7-9-5-4-6-11(13-2)10(9)8-14/h3-6,13H,1,7-8H2,2H3. The summed E-state index contributed by atoms with van der Waals surface area (Å²) in [5.41, 5.74) is 3.54. The van der Waals surface area contributed by atoms with Crippen molar-refractivity contribution in [1.29, 1.82) is 0 Å². The van der Waals surface area contributed by atoms with Crippen LogP contribution in [0.1, 0.15) is 11.1 Å². The highest BCUT2D eigenvalue weighted by Crippen LogP contribution is 2.28. The number of carbonyl (C=O) groups is 1. The summed E-state index contributed by atoms with van der Waals surface area (Å²) < 4.78 is 0. The fourth-order valence-corrected chi connectivity index (χ4v) is 1.94. The lowest BCUT2D eigenvalue weighted by molar-refractivity contribution is -0.126. The predicted octanol–water partition coefficient (Wildman–Crippen LogP) is 1.76. The van der Waals surface area contributed by atoms with Crippen molar-refractivity contribution in [2.24, 2.45) is 0 Å². The minimum absolute atomic E-state index is 0.00625. The van der Waals surface area contributed by atoms with Gasteiger partial charge < -0.3 is 10.2 Å². The topological polar surface area (TPSA) is 32.3 Å². The predicted molar refractivity (Wildman–Crippen MR) is 60.4 cm³/mol. The van der Waals surface area contributed by atoms with Crippen LogP contribution < -0.4 is 5.32 Å². The summed E-state index contributed by atoms with van der Waals surface area (Å²) >= 11 is 0. The van der Waals surface area contributed by atoms with Crippen LogP contribution in [0.25, 0.3) is 0 Å². The Labute approximate surface area is 89.4 Å². The van der Waals surface area contributed by atoms with Crippen molar-refractivity contribution in [3.63, 3.8) is 0 Å². The van der Waals surface area contributed by atoms with Crippen LogP contribution in [0.2, 0.25) is 0 Å². The third-order valence-corrected chi connectivity index (χ3v) is 2.74. The lowest BCUT2D eigenvalue weighted by Gasteiger charge is -2.12. The van der Waals surface area contributed by atoms with Crippen molar-refractivity contribution in [2.45, 2.75) is 13.1 Å². The molecule has 1 aliphatic heterocycles. The number of carbonyl (C=O) groups excluding carboxylic acids is 1. The van der Waals surface area contributed by atoms with Crippen molar-refractivity contribution in [1.82, 2.24) is 4.90 Å². The largest absolute Gasteiger partial charge is 0.388 e. The Hall–Kier alpha value is -1.77. The lowest BCUT2D eigenvalue weighted by Crippen LogP contribution is -2.22. The molecule has 78 valence electrons. The molecule has 0 atom stereocenters. The SMILES string of the molecule is C=CC(=O)N1Cc2cccc(NC)c2C1. The van der Waals surface area contributed by atoms with Gasteiger partial charge in [0.05, 0.1) is 0 Å². The summed E-state index contributed by atoms with van der Waals surface area (Å²) in [6, 6.07) is 6.10. The highest BCUT2D eigenvalue weighted by Gasteiger charge is 2.23. The molecule has 3 heteroatoms. The maximum absolute atomic E-state index is 11.5. The molecule has 0 fully saturated rings. The Balaban J connectivity index is 2.30. The van der Waals surface area contributed by atoms with E-state index in [9.17, 15) is 4.79 Å². The second kappa shape index (κ2) is 3.77. The van der Waals surface area contributed by atoms with Gasteiger partial charge in [-0.15, -0.1) is 0 Å². The van der Waals surface area contributed by atoms with Crippen LogP contribution in [0.5, 0.6) is 0 Å². The van der Waals surface area contributed by atoms with Gasteiger partial charge >= 0.3 is 0 Å². The molecule has 1 heterocycles. The van der Waals surface area contributed by atoms with Crippen molar-refractivity contribution in [2.75, 3.05) is 12.4 Å². The molecule has 0 unspecified atom stereocenters. The van der Waals surface area contributed by atoms with E-state index in [-0.39, 0.29) is 5.91 Å². The average Bonchev–Trinajstić information content (AvgIpc) is 2.71. The first-order chi connectivity index (χ1) is 7.26. The third kappa shape index (κ3) is 1.61. The number of amides is 1. The van der Waals surface area contributed by atoms with E-state index in [0.717, 1.165) is 5.69 Å². The van der Waals surface area contributed by atoms with E-state index >= 15 is 0 Å². The molecule has 1 amide bonds. The van der Waals surface area contributed by atoms with Gasteiger partial charge in [0.15, 0.2) is 0 Å². The first-order valence-electron chi connectivity index (χ1n) is 4.96. The van der Waals surface area contributed by atoms with Crippen LogP contribution in [0.4, 0.5) is 5.69 Å². The first kappa shape index (κ1) is 9.77. The van der Waals surface area contributed by atoms with Gasteiger partial charge in [-0.1, -0.05) is 18.7 Å². The molecule has 1 N–H and O–H groups in total. The molecule has 15 heavy (non-hydrogen) atoms. The van der Waals surface area contributed by atoms with E-state index in [1.54, 1.807) is 4.90 Å². The van der Waals surface area contributed by atoms with Gasteiger partial charge in [0.1, 0.15) is 0 Å². The Morgan fingerprint density at radius 1 is 1.53 bits per heavy atom. The van der Waals surface area contributed by atoms with Gasteiger partial charge in [-0.05, 0) is 23.3 Å². The molecule has 3 nitrogen and oxygen atoms in total. The summed E-state index contributed by atoms with van der Waals surface area (Å²) in [4.78, 5) is 13.3. The Kier molecular flexibility index (Phi) is 2.46. The summed E-state index contributed by atoms with van der Waals surface area (Å²) in [5, 5.41) is 3.14. The number of hydrogen-bond acceptors (Lipinski definition) is 2. The summed E-state index contributed by atoms with van der Waals surface area (Å²) in [5.74, 6) is -0.00625. The molecule has 0 aromatic heterocycles. The zero-order valence-corrected chi connectivity index (χ0v) is 8.79. The molecule has 0 spiro atoms. The van der Waals surface area contributed by atoms with Crippen LogP contribution >= 0.6 is 0 Å². The molecule has 0 radical (unpaired) electrons. The fraction of sp³-hybridized carbons (Fsp3) is 0.250. The second-order valence-electron chi connectivity index (χ2n) is 3.59. The number of nitrogens with zero attached hydrogens (tertiary/aromatic N) is 1. The van der Waals surface area contributed by atoms with Crippen molar-refractivity contribution < 1.29 is 4.79 Å². The highest BCUT2D eigenvalue weighted by molar-refractivity contribution is 5.87. The van der Waals surface area contributed by atoms with Gasteiger partial charge in [-0.3, -0.25) is 4.79 Å². The lowest BCUT2D eigenvalue weighted by atomic mass is 10.1. The zero-order chi connectivity index (χ0) is 10.8. The highest BCUT2D eigenvalue weighted by atomic mass is 16.2. The van der Waals surface area contributed by atoms with Gasteiger partial charge in [0.25, 0.3) is 0 Å². The quantitative estimate of drug-likeness (QED) is 0.741. The number of anilines is 1. The minimum Gasteiger partial charge on any atom is -0.388 e.